The maximum Gasteiger partial charge on any atom is 0.480 e. The van der Waals surface area contributed by atoms with Crippen LogP contribution in [0.25, 0.3) is 6.08 Å². The van der Waals surface area contributed by atoms with E-state index in [1.165, 1.54) is 5.98 Å². The lowest BCUT2D eigenvalue weighted by Gasteiger charge is -2.03. The van der Waals surface area contributed by atoms with Crippen molar-refractivity contribution in [3.8, 4) is 0 Å². The molecule has 1 aromatic carbocycles. The molecule has 0 saturated heterocycles. The average Bonchev–Trinajstić information content (AvgIpc) is 2.15. The smallest absolute Gasteiger partial charge is 0.424 e. The van der Waals surface area contributed by atoms with Crippen LogP contribution in [0, 0.1) is 0 Å². The van der Waals surface area contributed by atoms with Gasteiger partial charge in [-0.3, -0.25) is 0 Å². The maximum atomic E-state index is 8.63. The van der Waals surface area contributed by atoms with E-state index in [1.54, 1.807) is 6.08 Å². The molecule has 0 bridgehead atoms. The summed E-state index contributed by atoms with van der Waals surface area (Å²) in [5.41, 5.74) is 1.89. The zero-order valence-electron chi connectivity index (χ0n) is 7.44. The Bertz CT molecular complexity index is 299. The lowest BCUT2D eigenvalue weighted by atomic mass is 9.90. The van der Waals surface area contributed by atoms with Gasteiger partial charge in [-0.1, -0.05) is 30.3 Å². The summed E-state index contributed by atoms with van der Waals surface area (Å²) in [6.07, 6.45) is 1.66. The fourth-order valence-corrected chi connectivity index (χ4v) is 1.06. The molecule has 0 aromatic heterocycles. The van der Waals surface area contributed by atoms with Gasteiger partial charge in [-0.05, 0) is 11.6 Å². The Morgan fingerprint density at radius 2 is 2.00 bits per heavy atom. The second-order valence-electron chi connectivity index (χ2n) is 2.61. The fraction of sp³-hybridized carbons (Fsp3) is 0.111. The molecule has 4 heteroatoms. The van der Waals surface area contributed by atoms with E-state index in [2.05, 4.69) is 5.32 Å². The van der Waals surface area contributed by atoms with Crippen LogP contribution < -0.4 is 5.32 Å². The normalized spacial score (nSPS) is 10.4. The molecule has 0 aliphatic heterocycles. The number of rotatable bonds is 3. The second-order valence-corrected chi connectivity index (χ2v) is 2.61. The summed E-state index contributed by atoms with van der Waals surface area (Å²) in [6, 6.07) is 7.62. The van der Waals surface area contributed by atoms with Gasteiger partial charge in [0, 0.05) is 12.7 Å². The van der Waals surface area contributed by atoms with Crippen LogP contribution in [0.15, 0.2) is 30.2 Å². The van der Waals surface area contributed by atoms with E-state index in [9.17, 15) is 0 Å². The number of para-hydroxylation sites is 1. The van der Waals surface area contributed by atoms with Crippen molar-refractivity contribution in [3.63, 3.8) is 0 Å². The van der Waals surface area contributed by atoms with Gasteiger partial charge in [0.25, 0.3) is 0 Å². The highest BCUT2D eigenvalue weighted by Crippen LogP contribution is 2.15. The number of hydrogen-bond acceptors (Lipinski definition) is 3. The van der Waals surface area contributed by atoms with Crippen molar-refractivity contribution in [2.24, 2.45) is 0 Å². The summed E-state index contributed by atoms with van der Waals surface area (Å²) >= 11 is 0. The van der Waals surface area contributed by atoms with Crippen LogP contribution in [-0.4, -0.2) is 24.2 Å². The van der Waals surface area contributed by atoms with Gasteiger partial charge < -0.3 is 15.4 Å². The quantitative estimate of drug-likeness (QED) is 0.597. The van der Waals surface area contributed by atoms with Gasteiger partial charge in [0.05, 0.1) is 0 Å². The van der Waals surface area contributed by atoms with Gasteiger partial charge in [0.2, 0.25) is 0 Å². The van der Waals surface area contributed by atoms with Crippen molar-refractivity contribution in [2.75, 3.05) is 12.4 Å². The van der Waals surface area contributed by atoms with Crippen LogP contribution in [0.3, 0.4) is 0 Å². The molecule has 68 valence electrons. The third kappa shape index (κ3) is 2.93. The SMILES string of the molecule is CNc1ccccc1/C=C/B(O)O. The Balaban J connectivity index is 2.87. The molecule has 3 N–H and O–H groups in total. The summed E-state index contributed by atoms with van der Waals surface area (Å²) in [5, 5.41) is 20.3. The molecule has 0 amide bonds. The van der Waals surface area contributed by atoms with E-state index in [-0.39, 0.29) is 0 Å². The number of nitrogens with one attached hydrogen (secondary N) is 1. The van der Waals surface area contributed by atoms with Crippen LogP contribution in [0.5, 0.6) is 0 Å². The highest BCUT2D eigenvalue weighted by Gasteiger charge is 2.00. The lowest BCUT2D eigenvalue weighted by Crippen LogP contribution is -2.05. The van der Waals surface area contributed by atoms with Crippen LogP contribution >= 0.6 is 0 Å². The first-order valence-corrected chi connectivity index (χ1v) is 4.05. The summed E-state index contributed by atoms with van der Waals surface area (Å²) in [5.74, 6) is 1.32. The molecule has 0 fully saturated rings. The fourth-order valence-electron chi connectivity index (χ4n) is 1.06. The molecular weight excluding hydrogens is 165 g/mol. The van der Waals surface area contributed by atoms with E-state index in [1.807, 2.05) is 31.3 Å². The van der Waals surface area contributed by atoms with Crippen molar-refractivity contribution >= 4 is 18.9 Å². The summed E-state index contributed by atoms with van der Waals surface area (Å²) in [7, 11) is 0.423. The Kier molecular flexibility index (Phi) is 3.55. The molecule has 1 aromatic rings. The first-order chi connectivity index (χ1) is 6.24. The van der Waals surface area contributed by atoms with E-state index < -0.39 is 7.12 Å². The highest BCUT2D eigenvalue weighted by atomic mass is 16.4. The minimum Gasteiger partial charge on any atom is -0.424 e. The van der Waals surface area contributed by atoms with Crippen LogP contribution in [-0.2, 0) is 0 Å². The third-order valence-electron chi connectivity index (χ3n) is 1.68. The van der Waals surface area contributed by atoms with Gasteiger partial charge in [-0.25, -0.2) is 0 Å². The number of anilines is 1. The van der Waals surface area contributed by atoms with Gasteiger partial charge in [0.15, 0.2) is 0 Å². The van der Waals surface area contributed by atoms with Crippen molar-refractivity contribution in [1.82, 2.24) is 0 Å². The molecule has 13 heavy (non-hydrogen) atoms. The molecule has 0 aliphatic rings. The third-order valence-corrected chi connectivity index (χ3v) is 1.68. The molecule has 0 radical (unpaired) electrons. The Morgan fingerprint density at radius 3 is 2.62 bits per heavy atom. The van der Waals surface area contributed by atoms with Gasteiger partial charge in [0.1, 0.15) is 0 Å². The maximum absolute atomic E-state index is 8.63. The Morgan fingerprint density at radius 1 is 1.31 bits per heavy atom. The molecule has 0 atom stereocenters. The first kappa shape index (κ1) is 9.83. The monoisotopic (exact) mass is 177 g/mol. The van der Waals surface area contributed by atoms with E-state index in [0.29, 0.717) is 0 Å². The molecule has 0 unspecified atom stereocenters. The second kappa shape index (κ2) is 4.69. The van der Waals surface area contributed by atoms with Crippen molar-refractivity contribution in [2.45, 2.75) is 0 Å². The molecular formula is C9H12BNO2. The summed E-state index contributed by atoms with van der Waals surface area (Å²) in [6.45, 7) is 0. The average molecular weight is 177 g/mol. The molecule has 1 rings (SSSR count). The van der Waals surface area contributed by atoms with Crippen LogP contribution in [0.4, 0.5) is 5.69 Å². The molecule has 3 nitrogen and oxygen atoms in total. The molecule has 0 aliphatic carbocycles. The van der Waals surface area contributed by atoms with Crippen LogP contribution in [0.1, 0.15) is 5.56 Å². The number of benzene rings is 1. The largest absolute Gasteiger partial charge is 0.480 e. The minimum absolute atomic E-state index is 0.929. The molecule has 0 heterocycles. The summed E-state index contributed by atoms with van der Waals surface area (Å²) in [4.78, 5) is 0. The minimum atomic E-state index is -1.40. The Labute approximate surface area is 77.9 Å². The van der Waals surface area contributed by atoms with E-state index >= 15 is 0 Å². The van der Waals surface area contributed by atoms with Gasteiger partial charge in [-0.2, -0.15) is 0 Å². The van der Waals surface area contributed by atoms with Crippen molar-refractivity contribution in [3.05, 3.63) is 35.8 Å². The topological polar surface area (TPSA) is 52.5 Å². The van der Waals surface area contributed by atoms with Crippen molar-refractivity contribution in [1.29, 1.82) is 0 Å². The lowest BCUT2D eigenvalue weighted by molar-refractivity contribution is 0.424. The number of hydrogen-bond donors (Lipinski definition) is 3. The zero-order valence-corrected chi connectivity index (χ0v) is 7.44. The predicted molar refractivity (Wildman–Crippen MR) is 55.2 cm³/mol. The van der Waals surface area contributed by atoms with Crippen LogP contribution in [0.2, 0.25) is 0 Å². The highest BCUT2D eigenvalue weighted by molar-refractivity contribution is 6.48. The van der Waals surface area contributed by atoms with E-state index in [4.69, 9.17) is 10.0 Å². The summed E-state index contributed by atoms with van der Waals surface area (Å²) < 4.78 is 0. The molecule has 0 saturated carbocycles. The zero-order chi connectivity index (χ0) is 9.68. The standard InChI is InChI=1S/C9H12BNO2/c1-11-9-5-3-2-4-8(9)6-7-10(12)13/h2-7,11-13H,1H3/b7-6+. The van der Waals surface area contributed by atoms with Gasteiger partial charge in [-0.15, -0.1) is 0 Å². The van der Waals surface area contributed by atoms with E-state index in [0.717, 1.165) is 11.3 Å². The van der Waals surface area contributed by atoms with Gasteiger partial charge >= 0.3 is 7.12 Å². The first-order valence-electron chi connectivity index (χ1n) is 4.05. The predicted octanol–water partition coefficient (Wildman–Crippen LogP) is 0.753. The Hall–Kier alpha value is -1.26. The molecule has 0 spiro atoms. The van der Waals surface area contributed by atoms with Crippen molar-refractivity contribution < 1.29 is 10.0 Å².